The number of furan rings is 1. The third-order valence-corrected chi connectivity index (χ3v) is 3.40. The lowest BCUT2D eigenvalue weighted by Gasteiger charge is -2.24. The molecule has 0 aromatic carbocycles. The molecule has 2 rings (SSSR count). The van der Waals surface area contributed by atoms with E-state index >= 15 is 0 Å². The Morgan fingerprint density at radius 2 is 2.41 bits per heavy atom. The number of hydrogen-bond donors (Lipinski definition) is 2. The number of hydrogen-bond acceptors (Lipinski definition) is 4. The van der Waals surface area contributed by atoms with Gasteiger partial charge in [-0.05, 0) is 24.5 Å². The highest BCUT2D eigenvalue weighted by Gasteiger charge is 2.35. The molecule has 0 saturated carbocycles. The molecule has 94 valence electrons. The van der Waals surface area contributed by atoms with Crippen LogP contribution in [0.3, 0.4) is 0 Å². The van der Waals surface area contributed by atoms with E-state index in [4.69, 9.17) is 10.2 Å². The molecule has 0 spiro atoms. The van der Waals surface area contributed by atoms with Gasteiger partial charge in [-0.1, -0.05) is 6.92 Å². The zero-order chi connectivity index (χ0) is 12.4. The summed E-state index contributed by atoms with van der Waals surface area (Å²) in [5.41, 5.74) is 5.43. The Hall–Kier alpha value is -1.33. The smallest absolute Gasteiger partial charge is 0.289 e. The fraction of sp³-hybridized carbons (Fsp3) is 0.583. The Morgan fingerprint density at radius 1 is 1.65 bits per heavy atom. The van der Waals surface area contributed by atoms with Gasteiger partial charge < -0.3 is 20.2 Å². The predicted molar refractivity (Wildman–Crippen MR) is 62.3 cm³/mol. The number of nitrogens with two attached hydrogens (primary N) is 1. The van der Waals surface area contributed by atoms with Gasteiger partial charge in [0.1, 0.15) is 5.76 Å². The van der Waals surface area contributed by atoms with Crippen molar-refractivity contribution in [2.75, 3.05) is 13.2 Å². The van der Waals surface area contributed by atoms with Gasteiger partial charge in [0.25, 0.3) is 5.91 Å². The Morgan fingerprint density at radius 3 is 3.00 bits per heavy atom. The topological polar surface area (TPSA) is 79.7 Å². The van der Waals surface area contributed by atoms with Crippen LogP contribution in [0.25, 0.3) is 0 Å². The molecule has 1 aliphatic rings. The summed E-state index contributed by atoms with van der Waals surface area (Å²) in [4.78, 5) is 13.9. The zero-order valence-corrected chi connectivity index (χ0v) is 9.93. The van der Waals surface area contributed by atoms with Crippen molar-refractivity contribution in [2.24, 2.45) is 11.7 Å². The number of carbonyl (C=O) groups is 1. The maximum atomic E-state index is 12.2. The summed E-state index contributed by atoms with van der Waals surface area (Å²) in [5.74, 6) is 1.07. The van der Waals surface area contributed by atoms with Crippen LogP contribution in [0, 0.1) is 5.92 Å². The molecule has 2 atom stereocenters. The quantitative estimate of drug-likeness (QED) is 0.807. The van der Waals surface area contributed by atoms with Crippen molar-refractivity contribution < 1.29 is 14.3 Å². The van der Waals surface area contributed by atoms with E-state index in [1.165, 1.54) is 0 Å². The SMILES string of the molecule is CC1CCN(C(=O)c2ccc(CN)o2)C1CO. The second-order valence-electron chi connectivity index (χ2n) is 4.48. The molecule has 3 N–H and O–H groups in total. The van der Waals surface area contributed by atoms with Gasteiger partial charge in [-0.2, -0.15) is 0 Å². The maximum Gasteiger partial charge on any atom is 0.289 e. The normalized spacial score (nSPS) is 24.3. The van der Waals surface area contributed by atoms with Gasteiger partial charge in [-0.15, -0.1) is 0 Å². The molecule has 1 aliphatic heterocycles. The molecule has 2 unspecified atom stereocenters. The van der Waals surface area contributed by atoms with Crippen LogP contribution in [-0.2, 0) is 6.54 Å². The van der Waals surface area contributed by atoms with Gasteiger partial charge in [0.2, 0.25) is 0 Å². The standard InChI is InChI=1S/C12H18N2O3/c1-8-4-5-14(10(8)7-15)12(16)11-3-2-9(6-13)17-11/h2-3,8,10,15H,4-7,13H2,1H3. The van der Waals surface area contributed by atoms with E-state index in [9.17, 15) is 9.90 Å². The fourth-order valence-corrected chi connectivity index (χ4v) is 2.28. The molecule has 0 radical (unpaired) electrons. The molecule has 2 heterocycles. The highest BCUT2D eigenvalue weighted by Crippen LogP contribution is 2.25. The van der Waals surface area contributed by atoms with Crippen molar-refractivity contribution in [3.05, 3.63) is 23.7 Å². The lowest BCUT2D eigenvalue weighted by molar-refractivity contribution is 0.0615. The Balaban J connectivity index is 2.14. The molecule has 5 nitrogen and oxygen atoms in total. The molecule has 17 heavy (non-hydrogen) atoms. The van der Waals surface area contributed by atoms with Gasteiger partial charge in [0.05, 0.1) is 19.2 Å². The van der Waals surface area contributed by atoms with E-state index in [0.717, 1.165) is 6.42 Å². The van der Waals surface area contributed by atoms with Crippen LogP contribution in [0.1, 0.15) is 29.7 Å². The van der Waals surface area contributed by atoms with E-state index in [1.54, 1.807) is 17.0 Å². The minimum Gasteiger partial charge on any atom is -0.455 e. The fourth-order valence-electron chi connectivity index (χ4n) is 2.28. The van der Waals surface area contributed by atoms with Crippen molar-refractivity contribution in [3.63, 3.8) is 0 Å². The first-order valence-corrected chi connectivity index (χ1v) is 5.88. The van der Waals surface area contributed by atoms with Crippen LogP contribution in [0.5, 0.6) is 0 Å². The second kappa shape index (κ2) is 4.89. The average Bonchev–Trinajstić information content (AvgIpc) is 2.94. The first-order chi connectivity index (χ1) is 8.17. The van der Waals surface area contributed by atoms with Crippen molar-refractivity contribution in [1.82, 2.24) is 4.90 Å². The van der Waals surface area contributed by atoms with Crippen molar-refractivity contribution in [1.29, 1.82) is 0 Å². The van der Waals surface area contributed by atoms with Crippen LogP contribution in [0.2, 0.25) is 0 Å². The third kappa shape index (κ3) is 2.21. The van der Waals surface area contributed by atoms with Crippen LogP contribution in [-0.4, -0.2) is 35.1 Å². The molecule has 5 heteroatoms. The van der Waals surface area contributed by atoms with Gasteiger partial charge in [-0.3, -0.25) is 4.79 Å². The zero-order valence-electron chi connectivity index (χ0n) is 9.93. The summed E-state index contributed by atoms with van der Waals surface area (Å²) in [6.45, 7) is 3.00. The molecule has 1 aromatic heterocycles. The number of aliphatic hydroxyl groups excluding tert-OH is 1. The minimum atomic E-state index is -0.159. The maximum absolute atomic E-state index is 12.2. The molecule has 1 aromatic rings. The van der Waals surface area contributed by atoms with Crippen LogP contribution in [0.4, 0.5) is 0 Å². The molecule has 1 saturated heterocycles. The monoisotopic (exact) mass is 238 g/mol. The average molecular weight is 238 g/mol. The number of rotatable bonds is 3. The van der Waals surface area contributed by atoms with Crippen LogP contribution in [0.15, 0.2) is 16.5 Å². The summed E-state index contributed by atoms with van der Waals surface area (Å²) in [7, 11) is 0. The summed E-state index contributed by atoms with van der Waals surface area (Å²) in [6, 6.07) is 3.25. The number of likely N-dealkylation sites (tertiary alicyclic amines) is 1. The van der Waals surface area contributed by atoms with Crippen molar-refractivity contribution >= 4 is 5.91 Å². The molecule has 0 aliphatic carbocycles. The first kappa shape index (κ1) is 12.1. The van der Waals surface area contributed by atoms with Crippen LogP contribution < -0.4 is 5.73 Å². The molecule has 1 amide bonds. The van der Waals surface area contributed by atoms with E-state index in [2.05, 4.69) is 0 Å². The Bertz CT molecular complexity index is 402. The third-order valence-electron chi connectivity index (χ3n) is 3.40. The predicted octanol–water partition coefficient (Wildman–Crippen LogP) is 0.581. The molecular weight excluding hydrogens is 220 g/mol. The first-order valence-electron chi connectivity index (χ1n) is 5.88. The Kier molecular flexibility index (Phi) is 3.49. The molecule has 1 fully saturated rings. The van der Waals surface area contributed by atoms with Crippen molar-refractivity contribution in [2.45, 2.75) is 25.9 Å². The molecule has 0 bridgehead atoms. The summed E-state index contributed by atoms with van der Waals surface area (Å²) < 4.78 is 5.34. The van der Waals surface area contributed by atoms with E-state index in [1.807, 2.05) is 6.92 Å². The number of amides is 1. The largest absolute Gasteiger partial charge is 0.455 e. The lowest BCUT2D eigenvalue weighted by Crippen LogP contribution is -2.39. The van der Waals surface area contributed by atoms with Crippen molar-refractivity contribution in [3.8, 4) is 0 Å². The summed E-state index contributed by atoms with van der Waals surface area (Å²) >= 11 is 0. The minimum absolute atomic E-state index is 0.00262. The lowest BCUT2D eigenvalue weighted by atomic mass is 10.0. The second-order valence-corrected chi connectivity index (χ2v) is 4.48. The van der Waals surface area contributed by atoms with E-state index in [-0.39, 0.29) is 25.1 Å². The van der Waals surface area contributed by atoms with Crippen LogP contribution >= 0.6 is 0 Å². The number of aliphatic hydroxyl groups is 1. The highest BCUT2D eigenvalue weighted by atomic mass is 16.4. The van der Waals surface area contributed by atoms with Gasteiger partial charge in [0, 0.05) is 6.54 Å². The van der Waals surface area contributed by atoms with E-state index < -0.39 is 0 Å². The Labute approximate surface area is 100 Å². The summed E-state index contributed by atoms with van der Waals surface area (Å²) in [6.07, 6.45) is 0.918. The summed E-state index contributed by atoms with van der Waals surface area (Å²) in [5, 5.41) is 9.31. The van der Waals surface area contributed by atoms with E-state index in [0.29, 0.717) is 24.0 Å². The number of nitrogens with zero attached hydrogens (tertiary/aromatic N) is 1. The van der Waals surface area contributed by atoms with Gasteiger partial charge in [0.15, 0.2) is 5.76 Å². The van der Waals surface area contributed by atoms with Gasteiger partial charge >= 0.3 is 0 Å². The molecular formula is C12H18N2O3. The number of carbonyl (C=O) groups excluding carboxylic acids is 1. The highest BCUT2D eigenvalue weighted by molar-refractivity contribution is 5.92. The van der Waals surface area contributed by atoms with Gasteiger partial charge in [-0.25, -0.2) is 0 Å².